The average molecular weight is 282 g/mol. The van der Waals surface area contributed by atoms with Gasteiger partial charge in [-0.3, -0.25) is 0 Å². The highest BCUT2D eigenvalue weighted by molar-refractivity contribution is 6.31. The lowest BCUT2D eigenvalue weighted by molar-refractivity contribution is -0.0794. The minimum absolute atomic E-state index is 0.165. The lowest BCUT2D eigenvalue weighted by Gasteiger charge is -2.46. The molecule has 0 spiro atoms. The van der Waals surface area contributed by atoms with E-state index in [1.54, 1.807) is 7.11 Å². The second kappa shape index (κ2) is 5.43. The maximum Gasteiger partial charge on any atom is 0.0871 e. The molecule has 1 unspecified atom stereocenters. The van der Waals surface area contributed by atoms with Crippen LogP contribution >= 0.6 is 11.6 Å². The van der Waals surface area contributed by atoms with Gasteiger partial charge in [-0.25, -0.2) is 0 Å². The highest BCUT2D eigenvalue weighted by Crippen LogP contribution is 2.47. The number of hydrogen-bond acceptors (Lipinski definition) is 2. The molecule has 1 aromatic rings. The SMILES string of the molecule is COC1(C(N)c2ccccc2Cl)CCC(C)(C)CC1. The van der Waals surface area contributed by atoms with Gasteiger partial charge in [-0.05, 0) is 42.7 Å². The Morgan fingerprint density at radius 3 is 2.26 bits per heavy atom. The van der Waals surface area contributed by atoms with E-state index in [-0.39, 0.29) is 11.6 Å². The number of hydrogen-bond donors (Lipinski definition) is 1. The van der Waals surface area contributed by atoms with E-state index in [2.05, 4.69) is 13.8 Å². The summed E-state index contributed by atoms with van der Waals surface area (Å²) < 4.78 is 5.86. The minimum Gasteiger partial charge on any atom is -0.376 e. The Labute approximate surface area is 121 Å². The second-order valence-electron chi connectivity index (χ2n) is 6.43. The molecule has 2 N–H and O–H groups in total. The van der Waals surface area contributed by atoms with Crippen molar-refractivity contribution in [2.24, 2.45) is 11.1 Å². The zero-order valence-electron chi connectivity index (χ0n) is 12.1. The molecule has 0 aromatic heterocycles. The number of benzene rings is 1. The van der Waals surface area contributed by atoms with Crippen LogP contribution in [0.3, 0.4) is 0 Å². The zero-order valence-corrected chi connectivity index (χ0v) is 12.8. The molecule has 1 aliphatic rings. The molecule has 19 heavy (non-hydrogen) atoms. The van der Waals surface area contributed by atoms with Gasteiger partial charge in [0.2, 0.25) is 0 Å². The highest BCUT2D eigenvalue weighted by atomic mass is 35.5. The van der Waals surface area contributed by atoms with Gasteiger partial charge in [0, 0.05) is 12.1 Å². The molecular weight excluding hydrogens is 258 g/mol. The molecule has 1 saturated carbocycles. The van der Waals surface area contributed by atoms with Crippen LogP contribution in [-0.2, 0) is 4.74 Å². The standard InChI is InChI=1S/C16H24ClNO/c1-15(2)8-10-16(19-3,11-9-15)14(18)12-6-4-5-7-13(12)17/h4-7,14H,8-11,18H2,1-3H3. The lowest BCUT2D eigenvalue weighted by Crippen LogP contribution is -2.47. The van der Waals surface area contributed by atoms with Crippen LogP contribution in [0.15, 0.2) is 24.3 Å². The van der Waals surface area contributed by atoms with Crippen LogP contribution in [0.2, 0.25) is 5.02 Å². The average Bonchev–Trinajstić information content (AvgIpc) is 2.39. The van der Waals surface area contributed by atoms with Gasteiger partial charge in [0.15, 0.2) is 0 Å². The maximum atomic E-state index is 6.50. The highest BCUT2D eigenvalue weighted by Gasteiger charge is 2.43. The largest absolute Gasteiger partial charge is 0.376 e. The van der Waals surface area contributed by atoms with E-state index < -0.39 is 0 Å². The molecule has 0 radical (unpaired) electrons. The van der Waals surface area contributed by atoms with Crippen molar-refractivity contribution in [1.29, 1.82) is 0 Å². The zero-order chi connectivity index (χ0) is 14.1. The lowest BCUT2D eigenvalue weighted by atomic mass is 9.67. The summed E-state index contributed by atoms with van der Waals surface area (Å²) >= 11 is 6.28. The fourth-order valence-electron chi connectivity index (χ4n) is 3.00. The smallest absolute Gasteiger partial charge is 0.0871 e. The van der Waals surface area contributed by atoms with Crippen molar-refractivity contribution in [2.45, 2.75) is 51.2 Å². The van der Waals surface area contributed by atoms with Gasteiger partial charge in [-0.2, -0.15) is 0 Å². The second-order valence-corrected chi connectivity index (χ2v) is 6.84. The minimum atomic E-state index is -0.277. The topological polar surface area (TPSA) is 35.2 Å². The van der Waals surface area contributed by atoms with Gasteiger partial charge < -0.3 is 10.5 Å². The van der Waals surface area contributed by atoms with Crippen molar-refractivity contribution >= 4 is 11.6 Å². The summed E-state index contributed by atoms with van der Waals surface area (Å²) in [6, 6.07) is 7.65. The number of halogens is 1. The Morgan fingerprint density at radius 1 is 1.16 bits per heavy atom. The molecule has 1 aliphatic carbocycles. The van der Waals surface area contributed by atoms with Crippen molar-refractivity contribution < 1.29 is 4.74 Å². The van der Waals surface area contributed by atoms with Crippen LogP contribution in [-0.4, -0.2) is 12.7 Å². The molecule has 2 nitrogen and oxygen atoms in total. The van der Waals surface area contributed by atoms with Crippen molar-refractivity contribution in [2.75, 3.05) is 7.11 Å². The van der Waals surface area contributed by atoms with Crippen LogP contribution in [0.5, 0.6) is 0 Å². The summed E-state index contributed by atoms with van der Waals surface area (Å²) in [6.07, 6.45) is 4.25. The molecule has 1 fully saturated rings. The van der Waals surface area contributed by atoms with E-state index in [9.17, 15) is 0 Å². The normalized spacial score (nSPS) is 23.0. The summed E-state index contributed by atoms with van der Waals surface area (Å²) in [5.74, 6) is 0. The van der Waals surface area contributed by atoms with Gasteiger partial charge in [0.25, 0.3) is 0 Å². The summed E-state index contributed by atoms with van der Waals surface area (Å²) in [4.78, 5) is 0. The molecule has 0 saturated heterocycles. The third-order valence-corrected chi connectivity index (χ3v) is 5.01. The van der Waals surface area contributed by atoms with Gasteiger partial charge in [-0.15, -0.1) is 0 Å². The molecule has 0 bridgehead atoms. The van der Waals surface area contributed by atoms with Crippen molar-refractivity contribution in [1.82, 2.24) is 0 Å². The molecule has 0 aliphatic heterocycles. The van der Waals surface area contributed by atoms with Gasteiger partial charge in [0.05, 0.1) is 11.6 Å². The van der Waals surface area contributed by atoms with E-state index in [0.29, 0.717) is 5.41 Å². The molecular formula is C16H24ClNO. The van der Waals surface area contributed by atoms with Crippen LogP contribution in [0, 0.1) is 5.41 Å². The van der Waals surface area contributed by atoms with Crippen LogP contribution in [0.25, 0.3) is 0 Å². The number of ether oxygens (including phenoxy) is 1. The van der Waals surface area contributed by atoms with E-state index in [0.717, 1.165) is 36.3 Å². The molecule has 1 aromatic carbocycles. The van der Waals surface area contributed by atoms with Crippen molar-refractivity contribution in [3.63, 3.8) is 0 Å². The Balaban J connectivity index is 2.25. The number of methoxy groups -OCH3 is 1. The van der Waals surface area contributed by atoms with Gasteiger partial charge in [-0.1, -0.05) is 43.6 Å². The number of nitrogens with two attached hydrogens (primary N) is 1. The third-order valence-electron chi connectivity index (χ3n) is 4.66. The van der Waals surface area contributed by atoms with E-state index in [1.807, 2.05) is 24.3 Å². The van der Waals surface area contributed by atoms with Crippen LogP contribution < -0.4 is 5.73 Å². The van der Waals surface area contributed by atoms with E-state index in [4.69, 9.17) is 22.1 Å². The monoisotopic (exact) mass is 281 g/mol. The fraction of sp³-hybridized carbons (Fsp3) is 0.625. The molecule has 0 heterocycles. The Morgan fingerprint density at radius 2 is 1.74 bits per heavy atom. The Kier molecular flexibility index (Phi) is 4.24. The first-order valence-electron chi connectivity index (χ1n) is 6.95. The van der Waals surface area contributed by atoms with E-state index >= 15 is 0 Å². The van der Waals surface area contributed by atoms with E-state index in [1.165, 1.54) is 0 Å². The van der Waals surface area contributed by atoms with Gasteiger partial charge >= 0.3 is 0 Å². The first-order chi connectivity index (χ1) is 8.90. The molecule has 106 valence electrons. The van der Waals surface area contributed by atoms with Crippen LogP contribution in [0.4, 0.5) is 0 Å². The number of rotatable bonds is 3. The summed E-state index contributed by atoms with van der Waals surface area (Å²) in [7, 11) is 1.77. The third kappa shape index (κ3) is 2.96. The molecule has 0 amide bonds. The predicted molar refractivity (Wildman–Crippen MR) is 80.4 cm³/mol. The maximum absolute atomic E-state index is 6.50. The van der Waals surface area contributed by atoms with Crippen molar-refractivity contribution in [3.8, 4) is 0 Å². The first kappa shape index (κ1) is 14.8. The Hall–Kier alpha value is -0.570. The summed E-state index contributed by atoms with van der Waals surface area (Å²) in [6.45, 7) is 4.63. The van der Waals surface area contributed by atoms with Gasteiger partial charge in [0.1, 0.15) is 0 Å². The van der Waals surface area contributed by atoms with Crippen molar-refractivity contribution in [3.05, 3.63) is 34.9 Å². The summed E-state index contributed by atoms with van der Waals surface area (Å²) in [5, 5.41) is 0.733. The molecule has 3 heteroatoms. The Bertz CT molecular complexity index is 434. The quantitative estimate of drug-likeness (QED) is 0.895. The summed E-state index contributed by atoms with van der Waals surface area (Å²) in [5.41, 5.74) is 7.60. The first-order valence-corrected chi connectivity index (χ1v) is 7.33. The van der Waals surface area contributed by atoms with Crippen LogP contribution in [0.1, 0.15) is 51.1 Å². The molecule has 2 rings (SSSR count). The predicted octanol–water partition coefficient (Wildman–Crippen LogP) is 4.33. The molecule has 1 atom stereocenters. The fourth-order valence-corrected chi connectivity index (χ4v) is 3.26.